The van der Waals surface area contributed by atoms with Gasteiger partial charge in [-0.15, -0.1) is 0 Å². The average molecular weight is 219 g/mol. The highest BCUT2D eigenvalue weighted by Gasteiger charge is 2.43. The van der Waals surface area contributed by atoms with E-state index in [-0.39, 0.29) is 5.41 Å². The zero-order valence-corrected chi connectivity index (χ0v) is 9.75. The number of ketones is 1. The van der Waals surface area contributed by atoms with Crippen molar-refractivity contribution in [3.05, 3.63) is 29.3 Å². The maximum Gasteiger partial charge on any atom is 0.134 e. The van der Waals surface area contributed by atoms with Gasteiger partial charge >= 0.3 is 0 Å². The Labute approximate surface area is 95.6 Å². The van der Waals surface area contributed by atoms with Crippen LogP contribution in [0.2, 0.25) is 0 Å². The van der Waals surface area contributed by atoms with Crippen LogP contribution in [0.4, 0.5) is 0 Å². The third-order valence-corrected chi connectivity index (χ3v) is 3.48. The summed E-state index contributed by atoms with van der Waals surface area (Å²) < 4.78 is 5.29. The standard InChI is InChI=1S/C13H17NO2/c1-9-3-4-10(5-12(9)16-2)13(8-14)6-11(15)7-13/h3-5H,6-8,14H2,1-2H3. The summed E-state index contributed by atoms with van der Waals surface area (Å²) in [6, 6.07) is 6.08. The Morgan fingerprint density at radius 3 is 2.62 bits per heavy atom. The molecule has 3 heteroatoms. The van der Waals surface area contributed by atoms with E-state index in [4.69, 9.17) is 10.5 Å². The van der Waals surface area contributed by atoms with Crippen LogP contribution < -0.4 is 10.5 Å². The van der Waals surface area contributed by atoms with Crippen molar-refractivity contribution < 1.29 is 9.53 Å². The third kappa shape index (κ3) is 1.61. The minimum atomic E-state index is -0.141. The Balaban J connectivity index is 2.36. The molecule has 0 bridgehead atoms. The summed E-state index contributed by atoms with van der Waals surface area (Å²) >= 11 is 0. The zero-order chi connectivity index (χ0) is 11.8. The van der Waals surface area contributed by atoms with Gasteiger partial charge in [-0.05, 0) is 24.1 Å². The molecule has 3 nitrogen and oxygen atoms in total. The Hall–Kier alpha value is -1.35. The van der Waals surface area contributed by atoms with Gasteiger partial charge in [0.25, 0.3) is 0 Å². The first-order valence-corrected chi connectivity index (χ1v) is 5.48. The molecule has 1 aliphatic rings. The molecule has 0 aromatic heterocycles. The number of methoxy groups -OCH3 is 1. The lowest BCUT2D eigenvalue weighted by Crippen LogP contribution is -2.47. The van der Waals surface area contributed by atoms with Crippen molar-refractivity contribution in [2.24, 2.45) is 5.73 Å². The number of hydrogen-bond donors (Lipinski definition) is 1. The number of rotatable bonds is 3. The van der Waals surface area contributed by atoms with E-state index in [2.05, 4.69) is 6.07 Å². The van der Waals surface area contributed by atoms with Crippen LogP contribution >= 0.6 is 0 Å². The number of hydrogen-bond acceptors (Lipinski definition) is 3. The van der Waals surface area contributed by atoms with Crippen LogP contribution in [0.3, 0.4) is 0 Å². The Morgan fingerprint density at radius 2 is 2.12 bits per heavy atom. The second kappa shape index (κ2) is 3.91. The molecule has 1 saturated carbocycles. The fourth-order valence-electron chi connectivity index (χ4n) is 2.32. The number of benzene rings is 1. The van der Waals surface area contributed by atoms with Crippen LogP contribution in [-0.4, -0.2) is 19.4 Å². The maximum atomic E-state index is 11.2. The highest BCUT2D eigenvalue weighted by Crippen LogP contribution is 2.41. The SMILES string of the molecule is COc1cc(C2(CN)CC(=O)C2)ccc1C. The smallest absolute Gasteiger partial charge is 0.134 e. The molecule has 0 spiro atoms. The van der Waals surface area contributed by atoms with Gasteiger partial charge in [0.15, 0.2) is 0 Å². The predicted molar refractivity (Wildman–Crippen MR) is 62.7 cm³/mol. The number of carbonyl (C=O) groups excluding carboxylic acids is 1. The second-order valence-corrected chi connectivity index (χ2v) is 4.56. The van der Waals surface area contributed by atoms with Gasteiger partial charge in [0, 0.05) is 24.8 Å². The van der Waals surface area contributed by atoms with E-state index in [1.165, 1.54) is 0 Å². The molecule has 0 aliphatic heterocycles. The quantitative estimate of drug-likeness (QED) is 0.839. The van der Waals surface area contributed by atoms with Gasteiger partial charge < -0.3 is 10.5 Å². The molecule has 16 heavy (non-hydrogen) atoms. The number of Topliss-reactive ketones (excluding diaryl/α,β-unsaturated/α-hetero) is 1. The lowest BCUT2D eigenvalue weighted by atomic mass is 9.63. The van der Waals surface area contributed by atoms with Crippen molar-refractivity contribution in [1.29, 1.82) is 0 Å². The van der Waals surface area contributed by atoms with Crippen molar-refractivity contribution in [3.63, 3.8) is 0 Å². The van der Waals surface area contributed by atoms with E-state index in [1.807, 2.05) is 19.1 Å². The Kier molecular flexibility index (Phi) is 2.72. The summed E-state index contributed by atoms with van der Waals surface area (Å²) in [5, 5.41) is 0. The van der Waals surface area contributed by atoms with Gasteiger partial charge in [-0.3, -0.25) is 4.79 Å². The molecule has 0 unspecified atom stereocenters. The molecule has 2 N–H and O–H groups in total. The molecule has 0 saturated heterocycles. The van der Waals surface area contributed by atoms with E-state index in [0.29, 0.717) is 25.2 Å². The minimum absolute atomic E-state index is 0.141. The van der Waals surface area contributed by atoms with Gasteiger partial charge in [0.05, 0.1) is 7.11 Å². The molecule has 86 valence electrons. The van der Waals surface area contributed by atoms with E-state index in [1.54, 1.807) is 7.11 Å². The lowest BCUT2D eigenvalue weighted by Gasteiger charge is -2.40. The first-order valence-electron chi connectivity index (χ1n) is 5.48. The van der Waals surface area contributed by atoms with Gasteiger partial charge in [0.1, 0.15) is 11.5 Å². The molecule has 0 heterocycles. The molecular weight excluding hydrogens is 202 g/mol. The minimum Gasteiger partial charge on any atom is -0.496 e. The van der Waals surface area contributed by atoms with Crippen LogP contribution in [0.1, 0.15) is 24.0 Å². The highest BCUT2D eigenvalue weighted by molar-refractivity contribution is 5.88. The molecular formula is C13H17NO2. The molecule has 2 rings (SSSR count). The topological polar surface area (TPSA) is 52.3 Å². The molecule has 1 aromatic carbocycles. The van der Waals surface area contributed by atoms with Gasteiger partial charge in [-0.1, -0.05) is 12.1 Å². The normalized spacial score (nSPS) is 18.1. The molecule has 1 fully saturated rings. The summed E-state index contributed by atoms with van der Waals surface area (Å²) in [5.41, 5.74) is 7.88. The molecule has 0 radical (unpaired) electrons. The van der Waals surface area contributed by atoms with E-state index < -0.39 is 0 Å². The summed E-state index contributed by atoms with van der Waals surface area (Å²) in [7, 11) is 1.66. The van der Waals surface area contributed by atoms with E-state index in [0.717, 1.165) is 16.9 Å². The third-order valence-electron chi connectivity index (χ3n) is 3.48. The lowest BCUT2D eigenvalue weighted by molar-refractivity contribution is -0.128. The number of nitrogens with two attached hydrogens (primary N) is 1. The summed E-state index contributed by atoms with van der Waals surface area (Å²) in [5.74, 6) is 1.16. The maximum absolute atomic E-state index is 11.2. The van der Waals surface area contributed by atoms with Crippen LogP contribution in [-0.2, 0) is 10.2 Å². The Bertz CT molecular complexity index is 418. The summed E-state index contributed by atoms with van der Waals surface area (Å²) in [6.45, 7) is 2.52. The van der Waals surface area contributed by atoms with Crippen molar-refractivity contribution in [2.75, 3.05) is 13.7 Å². The number of aryl methyl sites for hydroxylation is 1. The molecule has 0 amide bonds. The van der Waals surface area contributed by atoms with Crippen LogP contribution in [0, 0.1) is 6.92 Å². The van der Waals surface area contributed by atoms with Crippen LogP contribution in [0.5, 0.6) is 5.75 Å². The Morgan fingerprint density at radius 1 is 1.44 bits per heavy atom. The molecule has 1 aliphatic carbocycles. The first-order chi connectivity index (χ1) is 7.61. The monoisotopic (exact) mass is 219 g/mol. The number of ether oxygens (including phenoxy) is 1. The fourth-order valence-corrected chi connectivity index (χ4v) is 2.32. The number of carbonyl (C=O) groups is 1. The van der Waals surface area contributed by atoms with Crippen molar-refractivity contribution in [3.8, 4) is 5.75 Å². The fraction of sp³-hybridized carbons (Fsp3) is 0.462. The van der Waals surface area contributed by atoms with Gasteiger partial charge in [-0.2, -0.15) is 0 Å². The summed E-state index contributed by atoms with van der Waals surface area (Å²) in [4.78, 5) is 11.2. The summed E-state index contributed by atoms with van der Waals surface area (Å²) in [6.07, 6.45) is 1.13. The van der Waals surface area contributed by atoms with Crippen molar-refractivity contribution in [1.82, 2.24) is 0 Å². The first kappa shape index (κ1) is 11.1. The average Bonchev–Trinajstić information content (AvgIpc) is 2.25. The van der Waals surface area contributed by atoms with Crippen LogP contribution in [0.25, 0.3) is 0 Å². The zero-order valence-electron chi connectivity index (χ0n) is 9.75. The predicted octanol–water partition coefficient (Wildman–Crippen LogP) is 1.56. The highest BCUT2D eigenvalue weighted by atomic mass is 16.5. The second-order valence-electron chi connectivity index (χ2n) is 4.56. The van der Waals surface area contributed by atoms with Gasteiger partial charge in [0.2, 0.25) is 0 Å². The van der Waals surface area contributed by atoms with Gasteiger partial charge in [-0.25, -0.2) is 0 Å². The van der Waals surface area contributed by atoms with E-state index in [9.17, 15) is 4.79 Å². The van der Waals surface area contributed by atoms with E-state index >= 15 is 0 Å². The molecule has 1 aromatic rings. The van der Waals surface area contributed by atoms with Crippen molar-refractivity contribution in [2.45, 2.75) is 25.2 Å². The molecule has 0 atom stereocenters. The largest absolute Gasteiger partial charge is 0.496 e. The van der Waals surface area contributed by atoms with Crippen LogP contribution in [0.15, 0.2) is 18.2 Å². The van der Waals surface area contributed by atoms with Crippen molar-refractivity contribution >= 4 is 5.78 Å².